The van der Waals surface area contributed by atoms with Crippen LogP contribution >= 0.6 is 0 Å². The number of hydrogen-bond acceptors (Lipinski definition) is 4. The van der Waals surface area contributed by atoms with Gasteiger partial charge in [-0.3, -0.25) is 4.72 Å². The van der Waals surface area contributed by atoms with Crippen LogP contribution < -0.4 is 9.62 Å². The lowest BCUT2D eigenvalue weighted by atomic mass is 10.2. The molecule has 1 aliphatic rings. The van der Waals surface area contributed by atoms with Crippen LogP contribution in [0.3, 0.4) is 0 Å². The topological polar surface area (TPSA) is 58.6 Å². The van der Waals surface area contributed by atoms with Gasteiger partial charge in [0, 0.05) is 18.8 Å². The Morgan fingerprint density at radius 1 is 0.955 bits per heavy atom. The Morgan fingerprint density at radius 3 is 2.41 bits per heavy atom. The van der Waals surface area contributed by atoms with E-state index in [9.17, 15) is 8.42 Å². The summed E-state index contributed by atoms with van der Waals surface area (Å²) in [4.78, 5) is 2.44. The molecule has 2 aromatic carbocycles. The van der Waals surface area contributed by atoms with E-state index in [0.717, 1.165) is 18.8 Å². The van der Waals surface area contributed by atoms with Crippen LogP contribution in [0.25, 0.3) is 0 Å². The average Bonchev–Trinajstić information content (AvgIpc) is 2.56. The largest absolute Gasteiger partial charge is 0.378 e. The fourth-order valence-corrected chi connectivity index (χ4v) is 3.47. The van der Waals surface area contributed by atoms with Crippen molar-refractivity contribution in [1.82, 2.24) is 0 Å². The van der Waals surface area contributed by atoms with Crippen LogP contribution in [0.5, 0.6) is 0 Å². The van der Waals surface area contributed by atoms with Crippen molar-refractivity contribution in [2.75, 3.05) is 35.9 Å². The molecule has 0 unspecified atom stereocenters. The third kappa shape index (κ3) is 3.40. The summed E-state index contributed by atoms with van der Waals surface area (Å²) in [6.45, 7) is 3.02. The van der Waals surface area contributed by atoms with E-state index >= 15 is 0 Å². The molecule has 0 radical (unpaired) electrons. The van der Waals surface area contributed by atoms with E-state index in [4.69, 9.17) is 4.74 Å². The van der Waals surface area contributed by atoms with Gasteiger partial charge in [0.15, 0.2) is 0 Å². The summed E-state index contributed by atoms with van der Waals surface area (Å²) in [6.07, 6.45) is 0. The third-order valence-electron chi connectivity index (χ3n) is 3.53. The van der Waals surface area contributed by atoms with Crippen LogP contribution in [0.4, 0.5) is 11.4 Å². The molecular formula is C16H18N2O3S. The number of nitrogens with one attached hydrogen (secondary N) is 1. The van der Waals surface area contributed by atoms with Crippen molar-refractivity contribution in [3.8, 4) is 0 Å². The van der Waals surface area contributed by atoms with E-state index < -0.39 is 10.0 Å². The van der Waals surface area contributed by atoms with Gasteiger partial charge < -0.3 is 9.64 Å². The molecule has 22 heavy (non-hydrogen) atoms. The smallest absolute Gasteiger partial charge is 0.261 e. The molecule has 0 aliphatic carbocycles. The van der Waals surface area contributed by atoms with Gasteiger partial charge >= 0.3 is 0 Å². The molecule has 6 heteroatoms. The number of ether oxygens (including phenoxy) is 1. The van der Waals surface area contributed by atoms with E-state index in [0.29, 0.717) is 18.9 Å². The highest BCUT2D eigenvalue weighted by Gasteiger charge is 2.15. The number of hydrogen-bond donors (Lipinski definition) is 1. The second-order valence-electron chi connectivity index (χ2n) is 5.07. The molecule has 1 heterocycles. The van der Waals surface area contributed by atoms with Crippen molar-refractivity contribution in [1.29, 1.82) is 0 Å². The molecule has 0 bridgehead atoms. The van der Waals surface area contributed by atoms with E-state index in [1.54, 1.807) is 36.4 Å². The number of morpholine rings is 1. The fourth-order valence-electron chi connectivity index (χ4n) is 2.40. The summed E-state index contributed by atoms with van der Waals surface area (Å²) in [5.74, 6) is 0. The minimum absolute atomic E-state index is 0.256. The Labute approximate surface area is 130 Å². The molecule has 2 aromatic rings. The quantitative estimate of drug-likeness (QED) is 0.940. The summed E-state index contributed by atoms with van der Waals surface area (Å²) < 4.78 is 32.7. The standard InChI is InChI=1S/C16H18N2O3S/c19-22(20,16-7-2-1-3-8-16)17-14-5-4-6-15(13-14)18-9-11-21-12-10-18/h1-8,13,17H,9-12H2. The van der Waals surface area contributed by atoms with Crippen LogP contribution in [0.15, 0.2) is 59.5 Å². The summed E-state index contributed by atoms with van der Waals surface area (Å²) in [5, 5.41) is 0. The first kappa shape index (κ1) is 14.9. The number of nitrogens with zero attached hydrogens (tertiary/aromatic N) is 1. The lowest BCUT2D eigenvalue weighted by Gasteiger charge is -2.29. The zero-order chi connectivity index (χ0) is 15.4. The summed E-state index contributed by atoms with van der Waals surface area (Å²) >= 11 is 0. The van der Waals surface area contributed by atoms with Gasteiger partial charge in [-0.05, 0) is 30.3 Å². The van der Waals surface area contributed by atoms with Crippen LogP contribution in [-0.2, 0) is 14.8 Å². The first-order chi connectivity index (χ1) is 10.6. The first-order valence-corrected chi connectivity index (χ1v) is 8.64. The minimum atomic E-state index is -3.55. The molecule has 1 N–H and O–H groups in total. The molecule has 0 aromatic heterocycles. The zero-order valence-electron chi connectivity index (χ0n) is 12.1. The number of anilines is 2. The predicted molar refractivity (Wildman–Crippen MR) is 86.7 cm³/mol. The monoisotopic (exact) mass is 318 g/mol. The maximum atomic E-state index is 12.3. The second kappa shape index (κ2) is 6.37. The zero-order valence-corrected chi connectivity index (χ0v) is 12.9. The van der Waals surface area contributed by atoms with Gasteiger partial charge in [0.25, 0.3) is 10.0 Å². The molecule has 5 nitrogen and oxygen atoms in total. The van der Waals surface area contributed by atoms with Crippen molar-refractivity contribution < 1.29 is 13.2 Å². The second-order valence-corrected chi connectivity index (χ2v) is 6.75. The van der Waals surface area contributed by atoms with Crippen LogP contribution in [0, 0.1) is 0 Å². The number of benzene rings is 2. The van der Waals surface area contributed by atoms with Crippen molar-refractivity contribution in [2.45, 2.75) is 4.90 Å². The molecule has 1 aliphatic heterocycles. The highest BCUT2D eigenvalue weighted by molar-refractivity contribution is 7.92. The minimum Gasteiger partial charge on any atom is -0.378 e. The highest BCUT2D eigenvalue weighted by Crippen LogP contribution is 2.22. The Bertz CT molecular complexity index is 726. The highest BCUT2D eigenvalue weighted by atomic mass is 32.2. The van der Waals surface area contributed by atoms with Crippen LogP contribution in [-0.4, -0.2) is 34.7 Å². The lowest BCUT2D eigenvalue weighted by molar-refractivity contribution is 0.122. The van der Waals surface area contributed by atoms with Gasteiger partial charge in [-0.15, -0.1) is 0 Å². The van der Waals surface area contributed by atoms with Gasteiger partial charge in [-0.1, -0.05) is 24.3 Å². The Hall–Kier alpha value is -2.05. The van der Waals surface area contributed by atoms with Crippen LogP contribution in [0.2, 0.25) is 0 Å². The summed E-state index contributed by atoms with van der Waals surface area (Å²) in [7, 11) is -3.55. The molecule has 0 saturated carbocycles. The van der Waals surface area contributed by atoms with Crippen molar-refractivity contribution in [2.24, 2.45) is 0 Å². The van der Waals surface area contributed by atoms with E-state index in [1.165, 1.54) is 0 Å². The Kier molecular flexibility index (Phi) is 4.31. The molecule has 116 valence electrons. The molecule has 0 amide bonds. The SMILES string of the molecule is O=S(=O)(Nc1cccc(N2CCOCC2)c1)c1ccccc1. The third-order valence-corrected chi connectivity index (χ3v) is 4.93. The molecule has 3 rings (SSSR count). The fraction of sp³-hybridized carbons (Fsp3) is 0.250. The van der Waals surface area contributed by atoms with Gasteiger partial charge in [-0.25, -0.2) is 8.42 Å². The van der Waals surface area contributed by atoms with E-state index in [-0.39, 0.29) is 4.90 Å². The molecule has 1 fully saturated rings. The summed E-state index contributed by atoms with van der Waals surface area (Å²) in [5.41, 5.74) is 1.56. The predicted octanol–water partition coefficient (Wildman–Crippen LogP) is 2.32. The van der Waals surface area contributed by atoms with E-state index in [2.05, 4.69) is 9.62 Å². The first-order valence-electron chi connectivity index (χ1n) is 7.16. The average molecular weight is 318 g/mol. The van der Waals surface area contributed by atoms with Crippen molar-refractivity contribution in [3.63, 3.8) is 0 Å². The van der Waals surface area contributed by atoms with Gasteiger partial charge in [-0.2, -0.15) is 0 Å². The molecule has 0 spiro atoms. The van der Waals surface area contributed by atoms with Crippen molar-refractivity contribution in [3.05, 3.63) is 54.6 Å². The van der Waals surface area contributed by atoms with Gasteiger partial charge in [0.1, 0.15) is 0 Å². The lowest BCUT2D eigenvalue weighted by Crippen LogP contribution is -2.36. The summed E-state index contributed by atoms with van der Waals surface area (Å²) in [6, 6.07) is 15.8. The molecule has 0 atom stereocenters. The Balaban J connectivity index is 1.81. The van der Waals surface area contributed by atoms with Crippen LogP contribution in [0.1, 0.15) is 0 Å². The van der Waals surface area contributed by atoms with Gasteiger partial charge in [0.05, 0.1) is 23.8 Å². The Morgan fingerprint density at radius 2 is 1.68 bits per heavy atom. The molecule has 1 saturated heterocycles. The van der Waals surface area contributed by atoms with Crippen molar-refractivity contribution >= 4 is 21.4 Å². The van der Waals surface area contributed by atoms with Gasteiger partial charge in [0.2, 0.25) is 0 Å². The normalized spacial score (nSPS) is 15.5. The number of rotatable bonds is 4. The number of sulfonamides is 1. The molecular weight excluding hydrogens is 300 g/mol. The maximum absolute atomic E-state index is 12.3. The van der Waals surface area contributed by atoms with E-state index in [1.807, 2.05) is 18.2 Å². The maximum Gasteiger partial charge on any atom is 0.261 e.